The summed E-state index contributed by atoms with van der Waals surface area (Å²) in [6.45, 7) is 3.35. The van der Waals surface area contributed by atoms with Gasteiger partial charge in [0.05, 0.1) is 0 Å². The standard InChI is InChI=1S/C16H17ClN4OS2/c17-15-19-20-16(24-15)23-12-3-1-11(2-4-12)14(22)18-13-9-21-7-5-10(13)6-8-21/h1-4,10,13H,5-9H2,(H,18,22). The third-order valence-electron chi connectivity index (χ3n) is 4.68. The molecule has 2 bridgehead atoms. The van der Waals surface area contributed by atoms with Crippen LogP contribution in [0, 0.1) is 5.92 Å². The largest absolute Gasteiger partial charge is 0.348 e. The number of aromatic nitrogens is 2. The van der Waals surface area contributed by atoms with Gasteiger partial charge >= 0.3 is 0 Å². The fourth-order valence-electron chi connectivity index (χ4n) is 3.39. The van der Waals surface area contributed by atoms with E-state index < -0.39 is 0 Å². The second kappa shape index (κ2) is 7.00. The highest BCUT2D eigenvalue weighted by Crippen LogP contribution is 2.32. The van der Waals surface area contributed by atoms with Crippen LogP contribution in [0.25, 0.3) is 0 Å². The van der Waals surface area contributed by atoms with Crippen molar-refractivity contribution < 1.29 is 4.79 Å². The zero-order valence-corrected chi connectivity index (χ0v) is 15.3. The summed E-state index contributed by atoms with van der Waals surface area (Å²) in [4.78, 5) is 15.9. The van der Waals surface area contributed by atoms with Crippen molar-refractivity contribution in [1.82, 2.24) is 20.4 Å². The molecule has 1 aromatic heterocycles. The van der Waals surface area contributed by atoms with Crippen molar-refractivity contribution in [1.29, 1.82) is 0 Å². The van der Waals surface area contributed by atoms with Gasteiger partial charge in [-0.15, -0.1) is 10.2 Å². The molecule has 0 spiro atoms. The van der Waals surface area contributed by atoms with Crippen molar-refractivity contribution in [3.63, 3.8) is 0 Å². The number of piperidine rings is 3. The number of hydrogen-bond acceptors (Lipinski definition) is 6. The minimum absolute atomic E-state index is 0.0178. The van der Waals surface area contributed by atoms with Gasteiger partial charge in [-0.05, 0) is 67.7 Å². The predicted molar refractivity (Wildman–Crippen MR) is 95.9 cm³/mol. The Morgan fingerprint density at radius 1 is 1.25 bits per heavy atom. The van der Waals surface area contributed by atoms with Crippen LogP contribution in [-0.4, -0.2) is 46.7 Å². The van der Waals surface area contributed by atoms with Crippen LogP contribution in [0.1, 0.15) is 23.2 Å². The van der Waals surface area contributed by atoms with Crippen LogP contribution in [-0.2, 0) is 0 Å². The van der Waals surface area contributed by atoms with E-state index in [-0.39, 0.29) is 11.9 Å². The number of nitrogens with one attached hydrogen (secondary N) is 1. The van der Waals surface area contributed by atoms with E-state index in [1.807, 2.05) is 24.3 Å². The van der Waals surface area contributed by atoms with E-state index in [9.17, 15) is 4.79 Å². The van der Waals surface area contributed by atoms with E-state index in [0.717, 1.165) is 15.8 Å². The van der Waals surface area contributed by atoms with Crippen LogP contribution >= 0.6 is 34.7 Å². The van der Waals surface area contributed by atoms with Crippen molar-refractivity contribution in [2.24, 2.45) is 5.92 Å². The van der Waals surface area contributed by atoms with E-state index in [0.29, 0.717) is 15.9 Å². The summed E-state index contributed by atoms with van der Waals surface area (Å²) in [7, 11) is 0. The third kappa shape index (κ3) is 3.59. The number of halogens is 1. The zero-order valence-electron chi connectivity index (χ0n) is 12.9. The van der Waals surface area contributed by atoms with E-state index in [1.165, 1.54) is 49.0 Å². The molecule has 3 aliphatic rings. The van der Waals surface area contributed by atoms with Crippen molar-refractivity contribution in [3.05, 3.63) is 34.3 Å². The molecule has 1 atom stereocenters. The van der Waals surface area contributed by atoms with Crippen molar-refractivity contribution >= 4 is 40.6 Å². The second-order valence-electron chi connectivity index (χ2n) is 6.17. The average Bonchev–Trinajstić information content (AvgIpc) is 3.01. The summed E-state index contributed by atoms with van der Waals surface area (Å²) < 4.78 is 1.23. The molecule has 5 rings (SSSR count). The maximum Gasteiger partial charge on any atom is 0.251 e. The molecule has 8 heteroatoms. The lowest BCUT2D eigenvalue weighted by Crippen LogP contribution is -2.57. The minimum atomic E-state index is 0.0178. The Labute approximate surface area is 153 Å². The first kappa shape index (κ1) is 16.3. The predicted octanol–water partition coefficient (Wildman–Crippen LogP) is 3.17. The van der Waals surface area contributed by atoms with Gasteiger partial charge in [-0.1, -0.05) is 23.1 Å². The molecule has 3 fully saturated rings. The zero-order chi connectivity index (χ0) is 16.5. The lowest BCUT2D eigenvalue weighted by Gasteiger charge is -2.44. The molecule has 0 aliphatic carbocycles. The molecular weight excluding hydrogens is 364 g/mol. The summed E-state index contributed by atoms with van der Waals surface area (Å²) in [6, 6.07) is 7.89. The van der Waals surface area contributed by atoms with Crippen LogP contribution < -0.4 is 5.32 Å². The summed E-state index contributed by atoms with van der Waals surface area (Å²) in [5.41, 5.74) is 0.700. The van der Waals surface area contributed by atoms with Crippen molar-refractivity contribution in [2.45, 2.75) is 28.1 Å². The van der Waals surface area contributed by atoms with Gasteiger partial charge in [0.1, 0.15) is 0 Å². The highest BCUT2D eigenvalue weighted by Gasteiger charge is 2.34. The van der Waals surface area contributed by atoms with Crippen LogP contribution in [0.5, 0.6) is 0 Å². The number of benzene rings is 1. The monoisotopic (exact) mass is 380 g/mol. The van der Waals surface area contributed by atoms with Crippen LogP contribution in [0.4, 0.5) is 0 Å². The first-order valence-electron chi connectivity index (χ1n) is 7.97. The van der Waals surface area contributed by atoms with Crippen molar-refractivity contribution in [3.8, 4) is 0 Å². The molecule has 1 unspecified atom stereocenters. The van der Waals surface area contributed by atoms with Gasteiger partial charge in [0, 0.05) is 23.0 Å². The molecule has 0 radical (unpaired) electrons. The summed E-state index contributed by atoms with van der Waals surface area (Å²) in [5.74, 6) is 0.653. The first-order chi connectivity index (χ1) is 11.7. The normalized spacial score (nSPS) is 25.6. The number of amides is 1. The van der Waals surface area contributed by atoms with E-state index in [1.54, 1.807) is 0 Å². The van der Waals surface area contributed by atoms with Crippen LogP contribution in [0.15, 0.2) is 33.5 Å². The van der Waals surface area contributed by atoms with Crippen LogP contribution in [0.2, 0.25) is 4.47 Å². The Morgan fingerprint density at radius 2 is 2.00 bits per heavy atom. The van der Waals surface area contributed by atoms with E-state index in [2.05, 4.69) is 20.4 Å². The van der Waals surface area contributed by atoms with Gasteiger partial charge < -0.3 is 10.2 Å². The topological polar surface area (TPSA) is 58.1 Å². The molecule has 1 amide bonds. The Kier molecular flexibility index (Phi) is 4.76. The highest BCUT2D eigenvalue weighted by molar-refractivity contribution is 8.01. The fourth-order valence-corrected chi connectivity index (χ4v) is 5.34. The number of hydrogen-bond donors (Lipinski definition) is 1. The maximum atomic E-state index is 12.5. The molecular formula is C16H17ClN4OS2. The van der Waals surface area contributed by atoms with Gasteiger partial charge in [0.2, 0.25) is 4.47 Å². The quantitative estimate of drug-likeness (QED) is 0.882. The maximum absolute atomic E-state index is 12.5. The van der Waals surface area contributed by atoms with Crippen molar-refractivity contribution in [2.75, 3.05) is 19.6 Å². The highest BCUT2D eigenvalue weighted by atomic mass is 35.5. The molecule has 24 heavy (non-hydrogen) atoms. The summed E-state index contributed by atoms with van der Waals surface area (Å²) >= 11 is 8.63. The van der Waals surface area contributed by atoms with Crippen LogP contribution in [0.3, 0.4) is 0 Å². The smallest absolute Gasteiger partial charge is 0.251 e. The molecule has 4 heterocycles. The number of fused-ring (bicyclic) bond motifs is 3. The number of carbonyl (C=O) groups excluding carboxylic acids is 1. The Balaban J connectivity index is 1.38. The first-order valence-corrected chi connectivity index (χ1v) is 9.98. The summed E-state index contributed by atoms with van der Waals surface area (Å²) in [5, 5.41) is 11.0. The fraction of sp³-hybridized carbons (Fsp3) is 0.438. The molecule has 2 aromatic rings. The lowest BCUT2D eigenvalue weighted by atomic mass is 9.84. The summed E-state index contributed by atoms with van der Waals surface area (Å²) in [6.07, 6.45) is 2.40. The molecule has 3 saturated heterocycles. The molecule has 1 N–H and O–H groups in total. The molecule has 1 aromatic carbocycles. The van der Waals surface area contributed by atoms with E-state index >= 15 is 0 Å². The number of rotatable bonds is 4. The third-order valence-corrected chi connectivity index (χ3v) is 6.75. The number of nitrogens with zero attached hydrogens (tertiary/aromatic N) is 3. The molecule has 5 nitrogen and oxygen atoms in total. The van der Waals surface area contributed by atoms with Gasteiger partial charge in [-0.3, -0.25) is 4.79 Å². The second-order valence-corrected chi connectivity index (χ2v) is 9.05. The SMILES string of the molecule is O=C(NC1CN2CCC1CC2)c1ccc(Sc2nnc(Cl)s2)cc1. The Bertz CT molecular complexity index is 728. The Morgan fingerprint density at radius 3 is 2.58 bits per heavy atom. The lowest BCUT2D eigenvalue weighted by molar-refractivity contribution is 0.0620. The Hall–Kier alpha value is -1.15. The number of carbonyl (C=O) groups is 1. The van der Waals surface area contributed by atoms with E-state index in [4.69, 9.17) is 11.6 Å². The minimum Gasteiger partial charge on any atom is -0.348 e. The molecule has 0 saturated carbocycles. The average molecular weight is 381 g/mol. The molecule has 126 valence electrons. The molecule has 3 aliphatic heterocycles. The van der Waals surface area contributed by atoms with Gasteiger partial charge in [-0.25, -0.2) is 0 Å². The van der Waals surface area contributed by atoms with Gasteiger partial charge in [0.15, 0.2) is 4.34 Å². The van der Waals surface area contributed by atoms with Gasteiger partial charge in [-0.2, -0.15) is 0 Å². The van der Waals surface area contributed by atoms with Gasteiger partial charge in [0.25, 0.3) is 5.91 Å².